The van der Waals surface area contributed by atoms with Crippen molar-refractivity contribution in [3.05, 3.63) is 45.8 Å². The van der Waals surface area contributed by atoms with Gasteiger partial charge in [0, 0.05) is 30.6 Å². The van der Waals surface area contributed by atoms with Crippen LogP contribution in [0.5, 0.6) is 0 Å². The first-order valence-electron chi connectivity index (χ1n) is 10.8. The number of nitrogens with one attached hydrogen (secondary N) is 2. The van der Waals surface area contributed by atoms with Crippen molar-refractivity contribution in [2.24, 2.45) is 0 Å². The Balaban J connectivity index is 1.55. The van der Waals surface area contributed by atoms with Gasteiger partial charge in [-0.15, -0.1) is 11.3 Å². The quantitative estimate of drug-likeness (QED) is 0.644. The first kappa shape index (κ1) is 22.9. The summed E-state index contributed by atoms with van der Waals surface area (Å²) < 4.78 is 32.2. The summed E-state index contributed by atoms with van der Waals surface area (Å²) >= 11 is 1.46. The molecule has 2 aliphatic rings. The van der Waals surface area contributed by atoms with Crippen molar-refractivity contribution in [1.82, 2.24) is 9.62 Å². The van der Waals surface area contributed by atoms with E-state index in [9.17, 15) is 18.0 Å². The molecule has 2 aromatic rings. The van der Waals surface area contributed by atoms with E-state index in [0.29, 0.717) is 42.4 Å². The molecule has 4 rings (SSSR count). The van der Waals surface area contributed by atoms with Crippen LogP contribution in [-0.4, -0.2) is 57.9 Å². The van der Waals surface area contributed by atoms with E-state index in [4.69, 9.17) is 4.74 Å². The largest absolute Gasteiger partial charge is 0.379 e. The van der Waals surface area contributed by atoms with Crippen molar-refractivity contribution in [3.63, 3.8) is 0 Å². The predicted molar refractivity (Wildman–Crippen MR) is 123 cm³/mol. The minimum atomic E-state index is -3.62. The van der Waals surface area contributed by atoms with E-state index in [-0.39, 0.29) is 16.7 Å². The van der Waals surface area contributed by atoms with Crippen LogP contribution in [0.25, 0.3) is 0 Å². The molecule has 0 radical (unpaired) electrons. The molecular formula is C22H27N3O5S2. The number of sulfonamides is 1. The van der Waals surface area contributed by atoms with E-state index in [1.807, 2.05) is 0 Å². The minimum absolute atomic E-state index is 0.143. The number of carbonyl (C=O) groups is 2. The summed E-state index contributed by atoms with van der Waals surface area (Å²) in [4.78, 5) is 26.8. The van der Waals surface area contributed by atoms with Crippen LogP contribution in [0.4, 0.5) is 5.00 Å². The maximum Gasteiger partial charge on any atom is 0.256 e. The standard InChI is InChI=1S/C22H27N3O5S2/c1-23-21(27)19-17-5-3-2-4-6-18(17)31-22(19)24-20(26)15-7-9-16(10-8-15)32(28,29)25-11-13-30-14-12-25/h7-10H,2-6,11-14H2,1H3,(H,23,27)(H,24,26). The van der Waals surface area contributed by atoms with Crippen molar-refractivity contribution in [2.75, 3.05) is 38.7 Å². The Labute approximate surface area is 192 Å². The summed E-state index contributed by atoms with van der Waals surface area (Å²) in [5, 5.41) is 6.11. The number of benzene rings is 1. The normalized spacial score (nSPS) is 17.3. The molecule has 1 aromatic heterocycles. The lowest BCUT2D eigenvalue weighted by Crippen LogP contribution is -2.40. The fourth-order valence-electron chi connectivity index (χ4n) is 4.09. The molecule has 32 heavy (non-hydrogen) atoms. The summed E-state index contributed by atoms with van der Waals surface area (Å²) in [6.45, 7) is 1.38. The Morgan fingerprint density at radius 3 is 2.38 bits per heavy atom. The van der Waals surface area contributed by atoms with Gasteiger partial charge in [-0.3, -0.25) is 9.59 Å². The number of fused-ring (bicyclic) bond motifs is 1. The Hall–Kier alpha value is -2.27. The lowest BCUT2D eigenvalue weighted by Gasteiger charge is -2.26. The Morgan fingerprint density at radius 1 is 1.00 bits per heavy atom. The number of hydrogen-bond acceptors (Lipinski definition) is 6. The van der Waals surface area contributed by atoms with Gasteiger partial charge in [-0.05, 0) is 55.5 Å². The average molecular weight is 478 g/mol. The summed E-state index contributed by atoms with van der Waals surface area (Å²) in [5.41, 5.74) is 1.92. The van der Waals surface area contributed by atoms with Crippen LogP contribution in [0.3, 0.4) is 0 Å². The van der Waals surface area contributed by atoms with Gasteiger partial charge in [0.2, 0.25) is 10.0 Å². The maximum absolute atomic E-state index is 12.9. The fourth-order valence-corrected chi connectivity index (χ4v) is 6.78. The summed E-state index contributed by atoms with van der Waals surface area (Å²) in [5.74, 6) is -0.575. The van der Waals surface area contributed by atoms with Crippen LogP contribution < -0.4 is 10.6 Å². The van der Waals surface area contributed by atoms with Crippen molar-refractivity contribution in [1.29, 1.82) is 0 Å². The van der Waals surface area contributed by atoms with Gasteiger partial charge in [0.05, 0.1) is 23.7 Å². The molecule has 2 N–H and O–H groups in total. The second-order valence-electron chi connectivity index (χ2n) is 7.84. The number of aryl methyl sites for hydroxylation is 1. The zero-order chi connectivity index (χ0) is 22.7. The van der Waals surface area contributed by atoms with Crippen LogP contribution in [0, 0.1) is 0 Å². The molecule has 1 aliphatic heterocycles. The van der Waals surface area contributed by atoms with Crippen molar-refractivity contribution >= 4 is 38.2 Å². The van der Waals surface area contributed by atoms with Crippen molar-refractivity contribution < 1.29 is 22.7 Å². The number of hydrogen-bond donors (Lipinski definition) is 2. The lowest BCUT2D eigenvalue weighted by molar-refractivity contribution is 0.0730. The van der Waals surface area contributed by atoms with Crippen LogP contribution in [0.15, 0.2) is 29.2 Å². The monoisotopic (exact) mass is 477 g/mol. The molecule has 2 amide bonds. The molecule has 172 valence electrons. The molecule has 0 atom stereocenters. The van der Waals surface area contributed by atoms with E-state index < -0.39 is 10.0 Å². The molecule has 1 aromatic carbocycles. The SMILES string of the molecule is CNC(=O)c1c(NC(=O)c2ccc(S(=O)(=O)N3CCOCC3)cc2)sc2c1CCCCC2. The van der Waals surface area contributed by atoms with Crippen LogP contribution >= 0.6 is 11.3 Å². The molecule has 0 saturated carbocycles. The number of carbonyl (C=O) groups excluding carboxylic acids is 2. The van der Waals surface area contributed by atoms with E-state index >= 15 is 0 Å². The summed E-state index contributed by atoms with van der Waals surface area (Å²) in [6, 6.07) is 5.90. The third kappa shape index (κ3) is 4.59. The van der Waals surface area contributed by atoms with Crippen LogP contribution in [-0.2, 0) is 27.6 Å². The van der Waals surface area contributed by atoms with Crippen LogP contribution in [0.2, 0.25) is 0 Å². The Morgan fingerprint density at radius 2 is 1.69 bits per heavy atom. The zero-order valence-corrected chi connectivity index (χ0v) is 19.6. The number of nitrogens with zero attached hydrogens (tertiary/aromatic N) is 1. The predicted octanol–water partition coefficient (Wildman–Crippen LogP) is 2.65. The highest BCUT2D eigenvalue weighted by Crippen LogP contribution is 2.37. The molecule has 1 aliphatic carbocycles. The molecule has 2 heterocycles. The Bertz CT molecular complexity index is 1100. The highest BCUT2D eigenvalue weighted by Gasteiger charge is 2.27. The zero-order valence-electron chi connectivity index (χ0n) is 18.0. The smallest absolute Gasteiger partial charge is 0.256 e. The van der Waals surface area contributed by atoms with Crippen molar-refractivity contribution in [2.45, 2.75) is 37.0 Å². The summed E-state index contributed by atoms with van der Waals surface area (Å²) in [7, 11) is -2.03. The molecule has 0 spiro atoms. The second-order valence-corrected chi connectivity index (χ2v) is 10.9. The van der Waals surface area contributed by atoms with Gasteiger partial charge < -0.3 is 15.4 Å². The van der Waals surface area contributed by atoms with E-state index in [1.54, 1.807) is 7.05 Å². The van der Waals surface area contributed by atoms with Crippen LogP contribution in [0.1, 0.15) is 50.4 Å². The van der Waals surface area contributed by atoms with Gasteiger partial charge in [-0.25, -0.2) is 8.42 Å². The summed E-state index contributed by atoms with van der Waals surface area (Å²) in [6.07, 6.45) is 4.98. The minimum Gasteiger partial charge on any atom is -0.379 e. The molecule has 1 fully saturated rings. The molecule has 0 bridgehead atoms. The first-order valence-corrected chi connectivity index (χ1v) is 13.0. The van der Waals surface area contributed by atoms with Gasteiger partial charge >= 0.3 is 0 Å². The second kappa shape index (κ2) is 9.70. The van der Waals surface area contributed by atoms with Gasteiger partial charge in [0.1, 0.15) is 5.00 Å². The number of amides is 2. The van der Waals surface area contributed by atoms with Gasteiger partial charge in [0.25, 0.3) is 11.8 Å². The third-order valence-corrected chi connectivity index (χ3v) is 8.95. The highest BCUT2D eigenvalue weighted by molar-refractivity contribution is 7.89. The number of anilines is 1. The van der Waals surface area contributed by atoms with Gasteiger partial charge in [-0.2, -0.15) is 4.31 Å². The fraction of sp³-hybridized carbons (Fsp3) is 0.455. The number of ether oxygens (including phenoxy) is 1. The van der Waals surface area contributed by atoms with Crippen molar-refractivity contribution in [3.8, 4) is 0 Å². The molecule has 1 saturated heterocycles. The molecule has 8 nitrogen and oxygen atoms in total. The third-order valence-electron chi connectivity index (χ3n) is 5.83. The first-order chi connectivity index (χ1) is 15.4. The lowest BCUT2D eigenvalue weighted by atomic mass is 10.0. The van der Waals surface area contributed by atoms with Gasteiger partial charge in [0.15, 0.2) is 0 Å². The average Bonchev–Trinajstić information content (AvgIpc) is 2.99. The van der Waals surface area contributed by atoms with Gasteiger partial charge in [-0.1, -0.05) is 6.42 Å². The molecular weight excluding hydrogens is 450 g/mol. The molecule has 0 unspecified atom stereocenters. The van der Waals surface area contributed by atoms with E-state index in [2.05, 4.69) is 10.6 Å². The van der Waals surface area contributed by atoms with E-state index in [0.717, 1.165) is 42.5 Å². The Kier molecular flexibility index (Phi) is 6.94. The number of rotatable bonds is 5. The highest BCUT2D eigenvalue weighted by atomic mass is 32.2. The van der Waals surface area contributed by atoms with E-state index in [1.165, 1.54) is 39.9 Å². The number of morpholine rings is 1. The topological polar surface area (TPSA) is 105 Å². The maximum atomic E-state index is 12.9. The molecule has 10 heteroatoms. The number of thiophene rings is 1.